The van der Waals surface area contributed by atoms with Gasteiger partial charge in [0.25, 0.3) is 0 Å². The molecule has 0 aliphatic heterocycles. The highest BCUT2D eigenvalue weighted by Crippen LogP contribution is 2.46. The van der Waals surface area contributed by atoms with Crippen molar-refractivity contribution in [2.24, 2.45) is 5.92 Å². The Morgan fingerprint density at radius 3 is 2.44 bits per heavy atom. The normalized spacial score (nSPS) is 22.9. The average molecular weight is 270 g/mol. The minimum absolute atomic E-state index is 0.0112. The van der Waals surface area contributed by atoms with Crippen LogP contribution in [0.3, 0.4) is 0 Å². The summed E-state index contributed by atoms with van der Waals surface area (Å²) in [5, 5.41) is 8.33. The summed E-state index contributed by atoms with van der Waals surface area (Å²) in [6, 6.07) is 0. The maximum absolute atomic E-state index is 13.3. The molecule has 1 rings (SSSR count). The molecule has 0 aromatic heterocycles. The summed E-state index contributed by atoms with van der Waals surface area (Å²) in [5.41, 5.74) is 0. The number of allylic oxidation sites excluding steroid dienone is 4. The first-order valence-corrected chi connectivity index (χ1v) is 5.29. The fourth-order valence-electron chi connectivity index (χ4n) is 1.71. The van der Waals surface area contributed by atoms with E-state index in [1.165, 1.54) is 0 Å². The molecule has 0 amide bonds. The molecule has 1 atom stereocenters. The lowest BCUT2D eigenvalue weighted by molar-refractivity contribution is -0.137. The molecule has 0 aromatic rings. The standard InChI is InChI=1S/C11H11F5O2/c12-7-5-8(13)10(14)11(15,16)6(7)3-1-2-4-9(17)18/h5-6H,1-4H2,(H,17,18). The van der Waals surface area contributed by atoms with Crippen molar-refractivity contribution >= 4 is 5.97 Å². The van der Waals surface area contributed by atoms with Gasteiger partial charge in [-0.25, -0.2) is 13.2 Å². The Balaban J connectivity index is 2.66. The van der Waals surface area contributed by atoms with E-state index in [2.05, 4.69) is 0 Å². The van der Waals surface area contributed by atoms with Crippen molar-refractivity contribution in [2.75, 3.05) is 0 Å². The molecule has 1 aliphatic rings. The molecule has 0 fully saturated rings. The number of carboxylic acid groups (broad SMARTS) is 1. The number of hydrogen-bond donors (Lipinski definition) is 1. The Morgan fingerprint density at radius 1 is 1.28 bits per heavy atom. The molecule has 0 saturated heterocycles. The number of alkyl halides is 2. The van der Waals surface area contributed by atoms with Crippen LogP contribution in [0.15, 0.2) is 23.6 Å². The van der Waals surface area contributed by atoms with Crippen LogP contribution in [-0.4, -0.2) is 17.0 Å². The van der Waals surface area contributed by atoms with Crippen molar-refractivity contribution in [3.63, 3.8) is 0 Å². The van der Waals surface area contributed by atoms with Gasteiger partial charge < -0.3 is 5.11 Å². The number of hydrogen-bond acceptors (Lipinski definition) is 1. The number of carboxylic acids is 1. The first-order chi connectivity index (χ1) is 8.26. The van der Waals surface area contributed by atoms with E-state index in [9.17, 15) is 26.7 Å². The zero-order chi connectivity index (χ0) is 13.9. The number of aliphatic carboxylic acids is 1. The molecule has 0 saturated carbocycles. The van der Waals surface area contributed by atoms with Crippen molar-refractivity contribution in [2.45, 2.75) is 31.6 Å². The van der Waals surface area contributed by atoms with Crippen LogP contribution < -0.4 is 0 Å². The summed E-state index contributed by atoms with van der Waals surface area (Å²) in [6.45, 7) is 0. The Bertz CT molecular complexity index is 400. The molecule has 0 heterocycles. The predicted molar refractivity (Wildman–Crippen MR) is 53.0 cm³/mol. The van der Waals surface area contributed by atoms with E-state index >= 15 is 0 Å². The molecule has 1 unspecified atom stereocenters. The molecule has 0 radical (unpaired) electrons. The molecule has 0 bridgehead atoms. The summed E-state index contributed by atoms with van der Waals surface area (Å²) in [5.74, 6) is -13.0. The van der Waals surface area contributed by atoms with E-state index in [0.29, 0.717) is 0 Å². The van der Waals surface area contributed by atoms with Crippen LogP contribution in [0.1, 0.15) is 25.7 Å². The maximum Gasteiger partial charge on any atom is 0.310 e. The van der Waals surface area contributed by atoms with Crippen LogP contribution in [0.5, 0.6) is 0 Å². The summed E-state index contributed by atoms with van der Waals surface area (Å²) >= 11 is 0. The molecule has 0 aromatic carbocycles. The SMILES string of the molecule is O=C(O)CCCCC1C(F)=CC(F)=C(F)C1(F)F. The monoisotopic (exact) mass is 270 g/mol. The zero-order valence-electron chi connectivity index (χ0n) is 9.23. The third kappa shape index (κ3) is 3.08. The Hall–Kier alpha value is -1.40. The fourth-order valence-corrected chi connectivity index (χ4v) is 1.71. The molecular weight excluding hydrogens is 259 g/mol. The van der Waals surface area contributed by atoms with Crippen LogP contribution in [-0.2, 0) is 4.79 Å². The number of unbranched alkanes of at least 4 members (excludes halogenated alkanes) is 1. The summed E-state index contributed by atoms with van der Waals surface area (Å²) in [7, 11) is 0. The highest BCUT2D eigenvalue weighted by atomic mass is 19.3. The minimum atomic E-state index is -4.22. The maximum atomic E-state index is 13.3. The van der Waals surface area contributed by atoms with E-state index in [1.54, 1.807) is 0 Å². The minimum Gasteiger partial charge on any atom is -0.481 e. The lowest BCUT2D eigenvalue weighted by Crippen LogP contribution is -2.32. The fraction of sp³-hybridized carbons (Fsp3) is 0.545. The van der Waals surface area contributed by atoms with E-state index in [4.69, 9.17) is 5.11 Å². The second kappa shape index (κ2) is 5.49. The van der Waals surface area contributed by atoms with E-state index < -0.39 is 41.7 Å². The van der Waals surface area contributed by atoms with Gasteiger partial charge in [0.15, 0.2) is 5.83 Å². The lowest BCUT2D eigenvalue weighted by atomic mass is 9.89. The van der Waals surface area contributed by atoms with Gasteiger partial charge in [0.2, 0.25) is 5.83 Å². The Morgan fingerprint density at radius 2 is 1.89 bits per heavy atom. The van der Waals surface area contributed by atoms with Crippen molar-refractivity contribution < 1.29 is 31.9 Å². The van der Waals surface area contributed by atoms with Crippen molar-refractivity contribution in [1.29, 1.82) is 0 Å². The predicted octanol–water partition coefficient (Wildman–Crippen LogP) is 3.90. The molecule has 1 N–H and O–H groups in total. The van der Waals surface area contributed by atoms with Crippen LogP contribution in [0.2, 0.25) is 0 Å². The van der Waals surface area contributed by atoms with Gasteiger partial charge in [-0.15, -0.1) is 0 Å². The number of carbonyl (C=O) groups is 1. The first-order valence-electron chi connectivity index (χ1n) is 5.29. The van der Waals surface area contributed by atoms with Crippen LogP contribution >= 0.6 is 0 Å². The van der Waals surface area contributed by atoms with Crippen LogP contribution in [0.25, 0.3) is 0 Å². The third-order valence-electron chi connectivity index (χ3n) is 2.67. The van der Waals surface area contributed by atoms with E-state index in [0.717, 1.165) is 0 Å². The van der Waals surface area contributed by atoms with Gasteiger partial charge in [-0.3, -0.25) is 4.79 Å². The van der Waals surface area contributed by atoms with Gasteiger partial charge in [0.05, 0.1) is 5.92 Å². The molecule has 7 heteroatoms. The van der Waals surface area contributed by atoms with Crippen molar-refractivity contribution in [3.05, 3.63) is 23.6 Å². The molecular formula is C11H11F5O2. The molecule has 1 aliphatic carbocycles. The van der Waals surface area contributed by atoms with Crippen molar-refractivity contribution in [1.82, 2.24) is 0 Å². The van der Waals surface area contributed by atoms with Crippen LogP contribution in [0.4, 0.5) is 22.0 Å². The number of halogens is 5. The smallest absolute Gasteiger partial charge is 0.310 e. The quantitative estimate of drug-likeness (QED) is 0.607. The molecule has 102 valence electrons. The first kappa shape index (κ1) is 14.7. The largest absolute Gasteiger partial charge is 0.481 e. The Kier molecular flexibility index (Phi) is 4.48. The highest BCUT2D eigenvalue weighted by Gasteiger charge is 2.50. The third-order valence-corrected chi connectivity index (χ3v) is 2.67. The second-order valence-electron chi connectivity index (χ2n) is 4.01. The average Bonchev–Trinajstić information content (AvgIpc) is 2.24. The van der Waals surface area contributed by atoms with Gasteiger partial charge in [-0.05, 0) is 12.8 Å². The summed E-state index contributed by atoms with van der Waals surface area (Å²) < 4.78 is 65.2. The molecule has 0 spiro atoms. The van der Waals surface area contributed by atoms with Gasteiger partial charge in [-0.1, -0.05) is 6.42 Å². The van der Waals surface area contributed by atoms with Gasteiger partial charge in [0, 0.05) is 12.5 Å². The Labute approximate surface area is 99.8 Å². The van der Waals surface area contributed by atoms with Crippen molar-refractivity contribution in [3.8, 4) is 0 Å². The van der Waals surface area contributed by atoms with Crippen LogP contribution in [0, 0.1) is 5.92 Å². The summed E-state index contributed by atoms with van der Waals surface area (Å²) in [4.78, 5) is 10.2. The molecule has 2 nitrogen and oxygen atoms in total. The highest BCUT2D eigenvalue weighted by molar-refractivity contribution is 5.66. The lowest BCUT2D eigenvalue weighted by Gasteiger charge is -2.27. The second-order valence-corrected chi connectivity index (χ2v) is 4.01. The molecule has 18 heavy (non-hydrogen) atoms. The van der Waals surface area contributed by atoms with E-state index in [-0.39, 0.29) is 25.3 Å². The summed E-state index contributed by atoms with van der Waals surface area (Å²) in [6.07, 6.45) is -0.514. The topological polar surface area (TPSA) is 37.3 Å². The van der Waals surface area contributed by atoms with E-state index in [1.807, 2.05) is 0 Å². The van der Waals surface area contributed by atoms with Gasteiger partial charge >= 0.3 is 11.9 Å². The van der Waals surface area contributed by atoms with Gasteiger partial charge in [-0.2, -0.15) is 8.78 Å². The zero-order valence-corrected chi connectivity index (χ0v) is 9.23. The number of rotatable bonds is 5. The van der Waals surface area contributed by atoms with Gasteiger partial charge in [0.1, 0.15) is 5.83 Å².